The first-order chi connectivity index (χ1) is 7.75. The molecule has 1 aromatic carbocycles. The predicted octanol–water partition coefficient (Wildman–Crippen LogP) is 1.25. The number of nitrogens with zero attached hydrogens (tertiary/aromatic N) is 1. The van der Waals surface area contributed by atoms with Crippen LogP contribution in [0, 0.1) is 0 Å². The summed E-state index contributed by atoms with van der Waals surface area (Å²) < 4.78 is 0. The quantitative estimate of drug-likeness (QED) is 0.834. The van der Waals surface area contributed by atoms with Crippen LogP contribution in [0.5, 0.6) is 0 Å². The van der Waals surface area contributed by atoms with Crippen LogP contribution in [0.15, 0.2) is 24.3 Å². The molecule has 0 spiro atoms. The van der Waals surface area contributed by atoms with Crippen molar-refractivity contribution in [2.45, 2.75) is 6.04 Å². The van der Waals surface area contributed by atoms with Crippen LogP contribution in [0.3, 0.4) is 0 Å². The van der Waals surface area contributed by atoms with Crippen LogP contribution < -0.4 is 11.1 Å². The minimum absolute atomic E-state index is 0.0790. The molecule has 1 aliphatic rings. The number of hydrogen-bond acceptors (Lipinski definition) is 3. The number of nitrogens with one attached hydrogen (secondary N) is 1. The van der Waals surface area contributed by atoms with Gasteiger partial charge < -0.3 is 11.1 Å². The summed E-state index contributed by atoms with van der Waals surface area (Å²) in [4.78, 5) is 2.40. The molecule has 1 unspecified atom stereocenters. The van der Waals surface area contributed by atoms with E-state index in [1.54, 1.807) is 0 Å². The van der Waals surface area contributed by atoms with E-state index in [1.165, 1.54) is 0 Å². The van der Waals surface area contributed by atoms with Crippen LogP contribution in [0.25, 0.3) is 0 Å². The summed E-state index contributed by atoms with van der Waals surface area (Å²) >= 11 is 5.85. The first-order valence-corrected chi connectivity index (χ1v) is 6.07. The summed E-state index contributed by atoms with van der Waals surface area (Å²) in [6.45, 7) is 5.21. The molecular formula is C12H18ClN3. The highest BCUT2D eigenvalue weighted by molar-refractivity contribution is 6.30. The summed E-state index contributed by atoms with van der Waals surface area (Å²) in [5.74, 6) is 0. The Balaban J connectivity index is 1.91. The molecule has 16 heavy (non-hydrogen) atoms. The summed E-state index contributed by atoms with van der Waals surface area (Å²) in [5, 5.41) is 4.10. The van der Waals surface area contributed by atoms with E-state index in [4.69, 9.17) is 17.3 Å². The van der Waals surface area contributed by atoms with Gasteiger partial charge in [-0.15, -0.1) is 0 Å². The van der Waals surface area contributed by atoms with Gasteiger partial charge in [-0.05, 0) is 17.7 Å². The maximum Gasteiger partial charge on any atom is 0.0424 e. The second kappa shape index (κ2) is 5.64. The number of nitrogens with two attached hydrogens (primary N) is 1. The average molecular weight is 240 g/mol. The number of piperazine rings is 1. The third kappa shape index (κ3) is 3.19. The standard InChI is InChI=1S/C12H18ClN3/c13-11-3-1-10(2-4-11)12(14)9-16-7-5-15-6-8-16/h1-4,12,15H,5-9,14H2. The molecule has 0 amide bonds. The van der Waals surface area contributed by atoms with Gasteiger partial charge in [0.25, 0.3) is 0 Å². The highest BCUT2D eigenvalue weighted by Gasteiger charge is 2.14. The normalized spacial score (nSPS) is 19.6. The van der Waals surface area contributed by atoms with Crippen molar-refractivity contribution >= 4 is 11.6 Å². The number of rotatable bonds is 3. The SMILES string of the molecule is NC(CN1CCNCC1)c1ccc(Cl)cc1. The highest BCUT2D eigenvalue weighted by Crippen LogP contribution is 2.15. The number of hydrogen-bond donors (Lipinski definition) is 2. The van der Waals surface area contributed by atoms with Gasteiger partial charge in [0.1, 0.15) is 0 Å². The molecule has 0 radical (unpaired) electrons. The van der Waals surface area contributed by atoms with Crippen LogP contribution in [0.4, 0.5) is 0 Å². The molecule has 1 aliphatic heterocycles. The molecule has 1 aromatic rings. The predicted molar refractivity (Wildman–Crippen MR) is 67.7 cm³/mol. The molecule has 3 nitrogen and oxygen atoms in total. The Morgan fingerprint density at radius 1 is 1.25 bits per heavy atom. The van der Waals surface area contributed by atoms with Crippen molar-refractivity contribution in [3.05, 3.63) is 34.9 Å². The summed E-state index contributed by atoms with van der Waals surface area (Å²) in [7, 11) is 0. The molecule has 0 saturated carbocycles. The average Bonchev–Trinajstić information content (AvgIpc) is 2.31. The maximum atomic E-state index is 6.17. The second-order valence-corrected chi connectivity index (χ2v) is 4.65. The van der Waals surface area contributed by atoms with Gasteiger partial charge in [0.05, 0.1) is 0 Å². The zero-order chi connectivity index (χ0) is 11.4. The lowest BCUT2D eigenvalue weighted by molar-refractivity contribution is 0.228. The van der Waals surface area contributed by atoms with Gasteiger partial charge in [-0.25, -0.2) is 0 Å². The van der Waals surface area contributed by atoms with Gasteiger partial charge >= 0.3 is 0 Å². The fraction of sp³-hybridized carbons (Fsp3) is 0.500. The van der Waals surface area contributed by atoms with Crippen molar-refractivity contribution in [1.29, 1.82) is 0 Å². The Morgan fingerprint density at radius 2 is 1.88 bits per heavy atom. The molecule has 0 aliphatic carbocycles. The molecule has 0 bridgehead atoms. The van der Waals surface area contributed by atoms with E-state index in [9.17, 15) is 0 Å². The van der Waals surface area contributed by atoms with Crippen LogP contribution in [0.1, 0.15) is 11.6 Å². The van der Waals surface area contributed by atoms with E-state index in [0.717, 1.165) is 43.3 Å². The Bertz CT molecular complexity index is 320. The van der Waals surface area contributed by atoms with Gasteiger partial charge in [0, 0.05) is 43.8 Å². The molecule has 88 valence electrons. The van der Waals surface area contributed by atoms with E-state index >= 15 is 0 Å². The molecule has 1 fully saturated rings. The van der Waals surface area contributed by atoms with E-state index in [0.29, 0.717) is 0 Å². The molecule has 1 saturated heterocycles. The first kappa shape index (κ1) is 11.9. The van der Waals surface area contributed by atoms with Crippen LogP contribution in [-0.4, -0.2) is 37.6 Å². The zero-order valence-corrected chi connectivity index (χ0v) is 10.1. The van der Waals surface area contributed by atoms with Crippen molar-refractivity contribution in [2.24, 2.45) is 5.73 Å². The van der Waals surface area contributed by atoms with Crippen molar-refractivity contribution in [3.63, 3.8) is 0 Å². The van der Waals surface area contributed by atoms with Crippen molar-refractivity contribution in [2.75, 3.05) is 32.7 Å². The van der Waals surface area contributed by atoms with Crippen LogP contribution in [-0.2, 0) is 0 Å². The molecule has 1 heterocycles. The van der Waals surface area contributed by atoms with Gasteiger partial charge in [-0.3, -0.25) is 4.90 Å². The first-order valence-electron chi connectivity index (χ1n) is 5.70. The van der Waals surface area contributed by atoms with Crippen molar-refractivity contribution in [1.82, 2.24) is 10.2 Å². The molecule has 3 N–H and O–H groups in total. The zero-order valence-electron chi connectivity index (χ0n) is 9.32. The Morgan fingerprint density at radius 3 is 2.50 bits per heavy atom. The topological polar surface area (TPSA) is 41.3 Å². The molecule has 2 rings (SSSR count). The van der Waals surface area contributed by atoms with E-state index < -0.39 is 0 Å². The fourth-order valence-corrected chi connectivity index (χ4v) is 2.11. The monoisotopic (exact) mass is 239 g/mol. The van der Waals surface area contributed by atoms with Crippen molar-refractivity contribution < 1.29 is 0 Å². The van der Waals surface area contributed by atoms with E-state index in [-0.39, 0.29) is 6.04 Å². The van der Waals surface area contributed by atoms with Crippen molar-refractivity contribution in [3.8, 4) is 0 Å². The molecule has 0 aromatic heterocycles. The maximum absolute atomic E-state index is 6.17. The lowest BCUT2D eigenvalue weighted by Gasteiger charge is -2.29. The summed E-state index contributed by atoms with van der Waals surface area (Å²) in [6.07, 6.45) is 0. The third-order valence-electron chi connectivity index (χ3n) is 2.96. The minimum atomic E-state index is 0.0790. The van der Waals surface area contributed by atoms with Crippen LogP contribution in [0.2, 0.25) is 5.02 Å². The summed E-state index contributed by atoms with van der Waals surface area (Å²) in [5.41, 5.74) is 7.33. The smallest absolute Gasteiger partial charge is 0.0424 e. The lowest BCUT2D eigenvalue weighted by Crippen LogP contribution is -2.45. The lowest BCUT2D eigenvalue weighted by atomic mass is 10.1. The van der Waals surface area contributed by atoms with E-state index in [1.807, 2.05) is 24.3 Å². The van der Waals surface area contributed by atoms with Gasteiger partial charge in [-0.1, -0.05) is 23.7 Å². The largest absolute Gasteiger partial charge is 0.323 e. The van der Waals surface area contributed by atoms with Crippen LogP contribution >= 0.6 is 11.6 Å². The molecule has 4 heteroatoms. The Kier molecular flexibility index (Phi) is 4.18. The molecule has 1 atom stereocenters. The van der Waals surface area contributed by atoms with E-state index in [2.05, 4.69) is 10.2 Å². The minimum Gasteiger partial charge on any atom is -0.323 e. The fourth-order valence-electron chi connectivity index (χ4n) is 1.99. The van der Waals surface area contributed by atoms with Gasteiger partial charge in [0.15, 0.2) is 0 Å². The number of benzene rings is 1. The second-order valence-electron chi connectivity index (χ2n) is 4.21. The van der Waals surface area contributed by atoms with Gasteiger partial charge in [-0.2, -0.15) is 0 Å². The Hall–Kier alpha value is -0.610. The number of halogens is 1. The third-order valence-corrected chi connectivity index (χ3v) is 3.21. The highest BCUT2D eigenvalue weighted by atomic mass is 35.5. The molecular weight excluding hydrogens is 222 g/mol. The summed E-state index contributed by atoms with van der Waals surface area (Å²) in [6, 6.07) is 7.89. The Labute approximate surface area is 102 Å². The van der Waals surface area contributed by atoms with Gasteiger partial charge in [0.2, 0.25) is 0 Å².